The maximum atomic E-state index is 2.56. The third-order valence-corrected chi connectivity index (χ3v) is 6.87. The largest absolute Gasteiger partial charge is 0.128 e. The zero-order valence-electron chi connectivity index (χ0n) is 8.69. The first-order valence-electron chi connectivity index (χ1n) is 5.02. The molecule has 0 rings (SSSR count). The summed E-state index contributed by atoms with van der Waals surface area (Å²) in [4.78, 5) is 0. The predicted octanol–water partition coefficient (Wildman–Crippen LogP) is 3.86. The summed E-state index contributed by atoms with van der Waals surface area (Å²) in [6, 6.07) is 0. The molecule has 0 saturated carbocycles. The minimum absolute atomic E-state index is 0.469. The van der Waals surface area contributed by atoms with E-state index in [1.165, 1.54) is 37.7 Å². The molecule has 0 bridgehead atoms. The number of rotatable bonds is 6. The van der Waals surface area contributed by atoms with Crippen LogP contribution in [0.1, 0.15) is 40.0 Å². The van der Waals surface area contributed by atoms with Crippen LogP contribution in [-0.2, 0) is 0 Å². The van der Waals surface area contributed by atoms with E-state index in [9.17, 15) is 0 Å². The minimum atomic E-state index is -0.469. The summed E-state index contributed by atoms with van der Waals surface area (Å²) in [5.74, 6) is 0. The highest BCUT2D eigenvalue weighted by atomic mass is 31.2. The van der Waals surface area contributed by atoms with Crippen molar-refractivity contribution in [3.8, 4) is 0 Å². The Morgan fingerprint density at radius 2 is 1.00 bits per heavy atom. The summed E-state index contributed by atoms with van der Waals surface area (Å²) in [6.07, 6.45) is 8.75. The Bertz CT molecular complexity index is 71.9. The van der Waals surface area contributed by atoms with Crippen molar-refractivity contribution in [2.45, 2.75) is 40.0 Å². The third-order valence-electron chi connectivity index (χ3n) is 2.29. The monoisotopic (exact) mass is 175 g/mol. The molecule has 1 heteroatoms. The molecule has 0 aromatic heterocycles. The van der Waals surface area contributed by atoms with Gasteiger partial charge in [-0.3, -0.25) is 0 Å². The van der Waals surface area contributed by atoms with Crippen LogP contribution < -0.4 is 0 Å². The van der Waals surface area contributed by atoms with Crippen molar-refractivity contribution in [1.82, 2.24) is 0 Å². The Balaban J connectivity index is 3.79. The van der Waals surface area contributed by atoms with Gasteiger partial charge in [0.05, 0.1) is 0 Å². The van der Waals surface area contributed by atoms with Gasteiger partial charge in [-0.2, -0.15) is 0 Å². The topological polar surface area (TPSA) is 0 Å². The molecule has 0 aromatic carbocycles. The lowest BCUT2D eigenvalue weighted by Crippen LogP contribution is -2.05. The summed E-state index contributed by atoms with van der Waals surface area (Å²) < 4.78 is 0. The van der Waals surface area contributed by atoms with E-state index in [0.717, 1.165) is 0 Å². The highest BCUT2D eigenvalue weighted by molar-refractivity contribution is 7.75. The molecule has 0 saturated heterocycles. The first kappa shape index (κ1) is 11.4. The molecule has 0 amide bonds. The summed E-state index contributed by atoms with van der Waals surface area (Å²) in [7, 11) is -0.469. The summed E-state index contributed by atoms with van der Waals surface area (Å²) in [6.45, 7) is 9.53. The van der Waals surface area contributed by atoms with Gasteiger partial charge in [-0.05, 0) is 25.2 Å². The molecule has 0 N–H and O–H groups in total. The summed E-state index contributed by atoms with van der Waals surface area (Å²) in [5, 5.41) is 0. The molecule has 11 heavy (non-hydrogen) atoms. The molecule has 0 aromatic rings. The molecule has 0 atom stereocenters. The molecule has 0 aliphatic heterocycles. The minimum Gasteiger partial charge on any atom is -0.128 e. The van der Waals surface area contributed by atoms with Crippen LogP contribution in [0.25, 0.3) is 0 Å². The molecule has 1 radical (unpaired) electrons. The standard InChI is InChI=1S/C10H24P/c1-5-8-11(4,9-6-2)10-7-3/h5-10H2,1-4H3. The fourth-order valence-corrected chi connectivity index (χ4v) is 5.86. The Morgan fingerprint density at radius 1 is 0.727 bits per heavy atom. The fourth-order valence-electron chi connectivity index (χ4n) is 1.95. The second-order valence-corrected chi connectivity index (χ2v) is 8.37. The van der Waals surface area contributed by atoms with Crippen molar-refractivity contribution < 1.29 is 0 Å². The van der Waals surface area contributed by atoms with Crippen molar-refractivity contribution in [2.24, 2.45) is 0 Å². The maximum absolute atomic E-state index is 2.56. The molecule has 0 fully saturated rings. The van der Waals surface area contributed by atoms with Gasteiger partial charge in [0.15, 0.2) is 0 Å². The van der Waals surface area contributed by atoms with Gasteiger partial charge in [-0.1, -0.05) is 40.0 Å². The first-order chi connectivity index (χ1) is 5.18. The zero-order chi connectivity index (χ0) is 8.74. The van der Waals surface area contributed by atoms with E-state index in [4.69, 9.17) is 0 Å². The van der Waals surface area contributed by atoms with Crippen LogP contribution in [0.5, 0.6) is 0 Å². The van der Waals surface area contributed by atoms with E-state index in [1.807, 2.05) is 0 Å². The lowest BCUT2D eigenvalue weighted by atomic mass is 10.6. The normalized spacial score (nSPS) is 12.0. The van der Waals surface area contributed by atoms with E-state index >= 15 is 0 Å². The van der Waals surface area contributed by atoms with Crippen LogP contribution in [0.2, 0.25) is 0 Å². The molecule has 0 unspecified atom stereocenters. The average Bonchev–Trinajstić information content (AvgIpc) is 1.88. The maximum Gasteiger partial charge on any atom is -0.0364 e. The summed E-state index contributed by atoms with van der Waals surface area (Å²) in [5.41, 5.74) is 0. The van der Waals surface area contributed by atoms with Crippen LogP contribution in [0, 0.1) is 0 Å². The number of hydrogen-bond donors (Lipinski definition) is 0. The molecular weight excluding hydrogens is 151 g/mol. The summed E-state index contributed by atoms with van der Waals surface area (Å²) >= 11 is 0. The molecule has 0 aliphatic carbocycles. The van der Waals surface area contributed by atoms with Gasteiger partial charge < -0.3 is 0 Å². The van der Waals surface area contributed by atoms with Crippen molar-refractivity contribution in [3.05, 3.63) is 0 Å². The lowest BCUT2D eigenvalue weighted by molar-refractivity contribution is 1.00. The highest BCUT2D eigenvalue weighted by Gasteiger charge is 2.17. The second-order valence-electron chi connectivity index (χ2n) is 3.79. The van der Waals surface area contributed by atoms with E-state index in [1.54, 1.807) is 0 Å². The third kappa shape index (κ3) is 4.80. The second kappa shape index (κ2) is 6.00. The van der Waals surface area contributed by atoms with Gasteiger partial charge in [0.25, 0.3) is 0 Å². The van der Waals surface area contributed by atoms with Crippen LogP contribution >= 0.6 is 7.26 Å². The average molecular weight is 175 g/mol. The van der Waals surface area contributed by atoms with Gasteiger partial charge in [0.2, 0.25) is 0 Å². The molecule has 0 aliphatic rings. The first-order valence-corrected chi connectivity index (χ1v) is 7.81. The Morgan fingerprint density at radius 3 is 1.18 bits per heavy atom. The Kier molecular flexibility index (Phi) is 6.24. The smallest absolute Gasteiger partial charge is 0.0364 e. The Hall–Kier alpha value is 0.430. The molecule has 0 heterocycles. The van der Waals surface area contributed by atoms with Crippen LogP contribution in [0.3, 0.4) is 0 Å². The quantitative estimate of drug-likeness (QED) is 0.538. The number of hydrogen-bond acceptors (Lipinski definition) is 0. The predicted molar refractivity (Wildman–Crippen MR) is 58.3 cm³/mol. The van der Waals surface area contributed by atoms with E-state index in [-0.39, 0.29) is 0 Å². The molecule has 0 nitrogen and oxygen atoms in total. The van der Waals surface area contributed by atoms with Gasteiger partial charge in [-0.25, -0.2) is 0 Å². The van der Waals surface area contributed by atoms with Gasteiger partial charge >= 0.3 is 0 Å². The van der Waals surface area contributed by atoms with Gasteiger partial charge in [0, 0.05) is 0 Å². The van der Waals surface area contributed by atoms with Crippen molar-refractivity contribution in [1.29, 1.82) is 0 Å². The molecular formula is C10H24P. The molecule has 0 spiro atoms. The van der Waals surface area contributed by atoms with Crippen LogP contribution in [0.15, 0.2) is 0 Å². The van der Waals surface area contributed by atoms with E-state index in [0.29, 0.717) is 0 Å². The fraction of sp³-hybridized carbons (Fsp3) is 1.00. The SMILES string of the molecule is CCC[P](C)(CCC)CCC. The lowest BCUT2D eigenvalue weighted by Gasteiger charge is -2.31. The highest BCUT2D eigenvalue weighted by Crippen LogP contribution is 2.56. The van der Waals surface area contributed by atoms with Crippen molar-refractivity contribution in [2.75, 3.05) is 25.2 Å². The molecule has 69 valence electrons. The van der Waals surface area contributed by atoms with Crippen molar-refractivity contribution >= 4 is 7.26 Å². The van der Waals surface area contributed by atoms with E-state index in [2.05, 4.69) is 27.4 Å². The van der Waals surface area contributed by atoms with E-state index < -0.39 is 7.26 Å². The zero-order valence-corrected chi connectivity index (χ0v) is 9.58. The van der Waals surface area contributed by atoms with Crippen LogP contribution in [-0.4, -0.2) is 25.2 Å². The van der Waals surface area contributed by atoms with Gasteiger partial charge in [0.1, 0.15) is 0 Å². The Labute approximate surface area is 73.1 Å². The van der Waals surface area contributed by atoms with Crippen molar-refractivity contribution in [3.63, 3.8) is 0 Å². The van der Waals surface area contributed by atoms with Gasteiger partial charge in [-0.15, -0.1) is 7.26 Å². The van der Waals surface area contributed by atoms with Crippen LogP contribution in [0.4, 0.5) is 0 Å².